The second kappa shape index (κ2) is 4.07. The predicted octanol–water partition coefficient (Wildman–Crippen LogP) is 1.51. The average molecular weight is 154 g/mol. The molecule has 2 atom stereocenters. The van der Waals surface area contributed by atoms with Gasteiger partial charge < -0.3 is 5.73 Å². The molecule has 3 heteroatoms. The molecular weight excluding hydrogens is 141 g/mol. The highest BCUT2D eigenvalue weighted by molar-refractivity contribution is 5.85. The van der Waals surface area contributed by atoms with Gasteiger partial charge in [0.15, 0.2) is 0 Å². The highest BCUT2D eigenvalue weighted by atomic mass is 35.5. The van der Waals surface area contributed by atoms with Crippen molar-refractivity contribution in [3.8, 4) is 0 Å². The average Bonchev–Trinajstić information content (AvgIpc) is 2.14. The van der Waals surface area contributed by atoms with Gasteiger partial charge in [0.05, 0.1) is 0 Å². The van der Waals surface area contributed by atoms with Crippen molar-refractivity contribution >= 4 is 12.4 Å². The minimum Gasteiger partial charge on any atom is -0.330 e. The van der Waals surface area contributed by atoms with Crippen LogP contribution in [0.2, 0.25) is 0 Å². The molecule has 1 aliphatic rings. The Hall–Kier alpha value is 0.180. The Balaban J connectivity index is 0.000000640. The lowest BCUT2D eigenvalue weighted by Gasteiger charge is -2.00. The van der Waals surface area contributed by atoms with Crippen LogP contribution in [0.3, 0.4) is 0 Å². The van der Waals surface area contributed by atoms with E-state index in [1.165, 1.54) is 0 Å². The van der Waals surface area contributed by atoms with Crippen molar-refractivity contribution in [1.29, 1.82) is 0 Å². The third-order valence-corrected chi connectivity index (χ3v) is 1.81. The molecule has 2 unspecified atom stereocenters. The van der Waals surface area contributed by atoms with Gasteiger partial charge in [0.1, 0.15) is 6.17 Å². The number of alkyl halides is 1. The maximum absolute atomic E-state index is 12.3. The van der Waals surface area contributed by atoms with Gasteiger partial charge in [-0.25, -0.2) is 4.39 Å². The molecular formula is C6H13ClFN. The predicted molar refractivity (Wildman–Crippen MR) is 38.5 cm³/mol. The molecule has 0 bridgehead atoms. The zero-order valence-corrected chi connectivity index (χ0v) is 6.16. The molecule has 2 N–H and O–H groups in total. The molecule has 1 rings (SSSR count). The van der Waals surface area contributed by atoms with E-state index in [-0.39, 0.29) is 12.4 Å². The summed E-state index contributed by atoms with van der Waals surface area (Å²) < 4.78 is 12.3. The summed E-state index contributed by atoms with van der Waals surface area (Å²) in [4.78, 5) is 0. The lowest BCUT2D eigenvalue weighted by Crippen LogP contribution is -2.10. The van der Waals surface area contributed by atoms with E-state index < -0.39 is 6.17 Å². The molecule has 56 valence electrons. The Bertz CT molecular complexity index is 79.5. The van der Waals surface area contributed by atoms with Gasteiger partial charge in [0, 0.05) is 0 Å². The first-order chi connectivity index (χ1) is 3.83. The fraction of sp³-hybridized carbons (Fsp3) is 1.00. The lowest BCUT2D eigenvalue weighted by atomic mass is 10.1. The van der Waals surface area contributed by atoms with Crippen LogP contribution in [-0.4, -0.2) is 12.7 Å². The van der Waals surface area contributed by atoms with E-state index in [0.29, 0.717) is 18.9 Å². The highest BCUT2D eigenvalue weighted by Crippen LogP contribution is 2.26. The summed E-state index contributed by atoms with van der Waals surface area (Å²) >= 11 is 0. The van der Waals surface area contributed by atoms with Crippen LogP contribution in [0.15, 0.2) is 0 Å². The third kappa shape index (κ3) is 2.50. The maximum Gasteiger partial charge on any atom is 0.100 e. The zero-order chi connectivity index (χ0) is 5.98. The quantitative estimate of drug-likeness (QED) is 0.607. The van der Waals surface area contributed by atoms with Gasteiger partial charge >= 0.3 is 0 Å². The van der Waals surface area contributed by atoms with Crippen molar-refractivity contribution in [2.45, 2.75) is 25.4 Å². The van der Waals surface area contributed by atoms with Gasteiger partial charge in [0.2, 0.25) is 0 Å². The summed E-state index contributed by atoms with van der Waals surface area (Å²) in [5.41, 5.74) is 5.33. The molecule has 0 amide bonds. The Labute approximate surface area is 61.2 Å². The summed E-state index contributed by atoms with van der Waals surface area (Å²) in [6.07, 6.45) is 1.89. The minimum absolute atomic E-state index is 0. The van der Waals surface area contributed by atoms with Crippen molar-refractivity contribution in [1.82, 2.24) is 0 Å². The van der Waals surface area contributed by atoms with Gasteiger partial charge in [-0.2, -0.15) is 0 Å². The first-order valence-electron chi connectivity index (χ1n) is 3.17. The Morgan fingerprint density at radius 1 is 1.44 bits per heavy atom. The van der Waals surface area contributed by atoms with E-state index in [4.69, 9.17) is 5.73 Å². The van der Waals surface area contributed by atoms with Crippen LogP contribution in [0.25, 0.3) is 0 Å². The molecule has 0 heterocycles. The summed E-state index contributed by atoms with van der Waals surface area (Å²) in [6, 6.07) is 0. The van der Waals surface area contributed by atoms with Crippen LogP contribution in [0.1, 0.15) is 19.3 Å². The molecule has 1 aliphatic carbocycles. The number of rotatable bonds is 1. The van der Waals surface area contributed by atoms with E-state index >= 15 is 0 Å². The van der Waals surface area contributed by atoms with Crippen LogP contribution in [0.4, 0.5) is 4.39 Å². The summed E-state index contributed by atoms with van der Waals surface area (Å²) in [5.74, 6) is 0.477. The van der Waals surface area contributed by atoms with Crippen LogP contribution < -0.4 is 5.73 Å². The number of hydrogen-bond acceptors (Lipinski definition) is 1. The Morgan fingerprint density at radius 3 is 2.33 bits per heavy atom. The SMILES string of the molecule is Cl.NCC1CCC(F)C1. The maximum atomic E-state index is 12.3. The summed E-state index contributed by atoms with van der Waals surface area (Å²) in [7, 11) is 0. The first-order valence-corrected chi connectivity index (χ1v) is 3.17. The lowest BCUT2D eigenvalue weighted by molar-refractivity contribution is 0.332. The fourth-order valence-corrected chi connectivity index (χ4v) is 1.23. The zero-order valence-electron chi connectivity index (χ0n) is 5.35. The van der Waals surface area contributed by atoms with Crippen molar-refractivity contribution in [2.24, 2.45) is 11.7 Å². The molecule has 1 nitrogen and oxygen atoms in total. The Morgan fingerprint density at radius 2 is 2.11 bits per heavy atom. The van der Waals surface area contributed by atoms with E-state index in [1.54, 1.807) is 0 Å². The minimum atomic E-state index is -0.552. The van der Waals surface area contributed by atoms with Crippen molar-refractivity contribution in [2.75, 3.05) is 6.54 Å². The Kier molecular flexibility index (Phi) is 4.15. The van der Waals surface area contributed by atoms with Crippen LogP contribution in [-0.2, 0) is 0 Å². The van der Waals surface area contributed by atoms with Gasteiger partial charge in [-0.3, -0.25) is 0 Å². The van der Waals surface area contributed by atoms with Gasteiger partial charge in [-0.15, -0.1) is 12.4 Å². The van der Waals surface area contributed by atoms with Crippen LogP contribution in [0, 0.1) is 5.92 Å². The summed E-state index contributed by atoms with van der Waals surface area (Å²) in [5, 5.41) is 0. The van der Waals surface area contributed by atoms with Crippen molar-refractivity contribution in [3.63, 3.8) is 0 Å². The highest BCUT2D eigenvalue weighted by Gasteiger charge is 2.22. The van der Waals surface area contributed by atoms with Crippen LogP contribution >= 0.6 is 12.4 Å². The third-order valence-electron chi connectivity index (χ3n) is 1.81. The largest absolute Gasteiger partial charge is 0.330 e. The van der Waals surface area contributed by atoms with E-state index in [1.807, 2.05) is 0 Å². The van der Waals surface area contributed by atoms with Gasteiger partial charge in [0.25, 0.3) is 0 Å². The molecule has 1 saturated carbocycles. The molecule has 0 radical (unpaired) electrons. The van der Waals surface area contributed by atoms with Crippen molar-refractivity contribution in [3.05, 3.63) is 0 Å². The molecule has 0 aromatic rings. The number of halogens is 2. The smallest absolute Gasteiger partial charge is 0.100 e. The second-order valence-electron chi connectivity index (χ2n) is 2.51. The number of nitrogens with two attached hydrogens (primary N) is 1. The van der Waals surface area contributed by atoms with Crippen molar-refractivity contribution < 1.29 is 4.39 Å². The molecule has 1 fully saturated rings. The molecule has 0 spiro atoms. The van der Waals surface area contributed by atoms with E-state index in [9.17, 15) is 4.39 Å². The molecule has 0 aliphatic heterocycles. The first kappa shape index (κ1) is 9.18. The van der Waals surface area contributed by atoms with Crippen LogP contribution in [0.5, 0.6) is 0 Å². The van der Waals surface area contributed by atoms with Gasteiger partial charge in [-0.1, -0.05) is 0 Å². The molecule has 0 aromatic carbocycles. The fourth-order valence-electron chi connectivity index (χ4n) is 1.23. The molecule has 0 aromatic heterocycles. The van der Waals surface area contributed by atoms with Gasteiger partial charge in [-0.05, 0) is 31.7 Å². The monoisotopic (exact) mass is 153 g/mol. The number of hydrogen-bond donors (Lipinski definition) is 1. The second-order valence-corrected chi connectivity index (χ2v) is 2.51. The van der Waals surface area contributed by atoms with E-state index in [0.717, 1.165) is 12.8 Å². The standard InChI is InChI=1S/C6H12FN.ClH/c7-6-2-1-5(3-6)4-8;/h5-6H,1-4,8H2;1H. The summed E-state index contributed by atoms with van der Waals surface area (Å²) in [6.45, 7) is 0.667. The normalized spacial score (nSPS) is 34.0. The topological polar surface area (TPSA) is 26.0 Å². The van der Waals surface area contributed by atoms with E-state index in [2.05, 4.69) is 0 Å². The molecule has 0 saturated heterocycles. The molecule has 9 heavy (non-hydrogen) atoms.